The van der Waals surface area contributed by atoms with Gasteiger partial charge in [0.05, 0.1) is 31.8 Å². The minimum Gasteiger partial charge on any atom is -0.391 e. The Bertz CT molecular complexity index is 1880. The van der Waals surface area contributed by atoms with Gasteiger partial charge in [-0.05, 0) is 105 Å². The maximum absolute atomic E-state index is 13.3. The molecule has 6 amide bonds. The van der Waals surface area contributed by atoms with Gasteiger partial charge >= 0.3 is 0 Å². The van der Waals surface area contributed by atoms with Gasteiger partial charge in [0.2, 0.25) is 35.9 Å². The number of likely N-dealkylation sites (N-methyl/N-ethyl adjacent to an activating group) is 3. The van der Waals surface area contributed by atoms with Crippen molar-refractivity contribution in [2.24, 2.45) is 0 Å². The Hall–Kier alpha value is -5.68. The molecular formula is C53H86N10O8. The minimum absolute atomic E-state index is 0.00476. The zero-order valence-electron chi connectivity index (χ0n) is 43.8. The summed E-state index contributed by atoms with van der Waals surface area (Å²) in [5.74, 6) is 4.70. The molecule has 71 heavy (non-hydrogen) atoms. The number of hydrogen-bond acceptors (Lipinski definition) is 12. The van der Waals surface area contributed by atoms with Gasteiger partial charge in [-0.3, -0.25) is 28.8 Å². The zero-order valence-corrected chi connectivity index (χ0v) is 43.8. The van der Waals surface area contributed by atoms with E-state index in [9.17, 15) is 33.9 Å². The topological polar surface area (TPSA) is 217 Å². The summed E-state index contributed by atoms with van der Waals surface area (Å²) in [6.07, 6.45) is 3.72. The monoisotopic (exact) mass is 991 g/mol. The minimum atomic E-state index is -1.02. The molecule has 6 atom stereocenters. The lowest BCUT2D eigenvalue weighted by molar-refractivity contribution is -0.141. The predicted molar refractivity (Wildman–Crippen MR) is 281 cm³/mol. The van der Waals surface area contributed by atoms with E-state index in [-0.39, 0.29) is 67.9 Å². The molecule has 2 aliphatic rings. The quantitative estimate of drug-likeness (QED) is 0.0402. The third-order valence-electron chi connectivity index (χ3n) is 11.9. The van der Waals surface area contributed by atoms with Crippen molar-refractivity contribution in [3.63, 3.8) is 0 Å². The fraction of sp³-hybridized carbons (Fsp3) is 0.585. The van der Waals surface area contributed by atoms with Crippen LogP contribution in [0.4, 0.5) is 0 Å². The van der Waals surface area contributed by atoms with Gasteiger partial charge in [-0.15, -0.1) is 19.1 Å². The van der Waals surface area contributed by atoms with Gasteiger partial charge in [0.25, 0.3) is 0 Å². The number of rotatable bonds is 26. The predicted octanol–water partition coefficient (Wildman–Crippen LogP) is 1.19. The second kappa shape index (κ2) is 38.1. The van der Waals surface area contributed by atoms with Gasteiger partial charge < -0.3 is 61.3 Å². The number of carbonyl (C=O) groups excluding carboxylic acids is 6. The average molecular weight is 991 g/mol. The summed E-state index contributed by atoms with van der Waals surface area (Å²) in [6, 6.07) is 18.0. The molecule has 2 aromatic carbocycles. The maximum atomic E-state index is 13.3. The number of hydrogen-bond donors (Lipinski definition) is 7. The Morgan fingerprint density at radius 1 is 0.746 bits per heavy atom. The molecule has 7 N–H and O–H groups in total. The van der Waals surface area contributed by atoms with Crippen LogP contribution in [0.2, 0.25) is 0 Å². The molecule has 2 heterocycles. The molecule has 2 aromatic rings. The summed E-state index contributed by atoms with van der Waals surface area (Å²) in [5.41, 5.74) is 2.31. The molecule has 2 aliphatic heterocycles. The van der Waals surface area contributed by atoms with Gasteiger partial charge in [0.15, 0.2) is 0 Å². The first-order chi connectivity index (χ1) is 34.3. The summed E-state index contributed by atoms with van der Waals surface area (Å²) < 4.78 is 5.64. The van der Waals surface area contributed by atoms with E-state index >= 15 is 0 Å². The number of benzene rings is 2. The summed E-state index contributed by atoms with van der Waals surface area (Å²) in [7, 11) is 7.06. The number of nitrogens with one attached hydrogen (secondary N) is 6. The van der Waals surface area contributed by atoms with Crippen LogP contribution in [0, 0.1) is 11.8 Å². The average Bonchev–Trinajstić information content (AvgIpc) is 4.06. The summed E-state index contributed by atoms with van der Waals surface area (Å²) in [5, 5.41) is 26.9. The molecule has 396 valence electrons. The highest BCUT2D eigenvalue weighted by atomic mass is 16.5. The molecule has 2 saturated heterocycles. The first-order valence-corrected chi connectivity index (χ1v) is 24.8. The lowest BCUT2D eigenvalue weighted by Crippen LogP contribution is -2.57. The number of carbonyl (C=O) groups is 6. The van der Waals surface area contributed by atoms with Crippen LogP contribution in [0.3, 0.4) is 0 Å². The van der Waals surface area contributed by atoms with Crippen molar-refractivity contribution in [1.29, 1.82) is 0 Å². The molecule has 2 fully saturated rings. The molecule has 4 rings (SSSR count). The van der Waals surface area contributed by atoms with Crippen LogP contribution < -0.4 is 31.9 Å². The van der Waals surface area contributed by atoms with Crippen LogP contribution in [0.1, 0.15) is 64.5 Å². The molecule has 6 unspecified atom stereocenters. The lowest BCUT2D eigenvalue weighted by atomic mass is 10.1. The van der Waals surface area contributed by atoms with E-state index in [1.54, 1.807) is 49.7 Å². The SMILES string of the molecule is C=C.CC#CCOC(C)C(NC=O)C(=O)N1CCCC1CN(CCc1ccccc1)C(=O)CNC.CCNC.CNCC(=O)NC(C(=O)N1CCCC1CN(CCc1ccccc1)C(=O)CNC)C(C)O. The lowest BCUT2D eigenvalue weighted by Gasteiger charge is -2.34. The van der Waals surface area contributed by atoms with E-state index in [4.69, 9.17) is 4.74 Å². The first kappa shape index (κ1) is 63.3. The van der Waals surface area contributed by atoms with E-state index in [1.165, 1.54) is 6.92 Å². The molecule has 0 radical (unpaired) electrons. The highest BCUT2D eigenvalue weighted by molar-refractivity contribution is 5.89. The van der Waals surface area contributed by atoms with Crippen LogP contribution >= 0.6 is 0 Å². The van der Waals surface area contributed by atoms with Crippen molar-refractivity contribution >= 4 is 35.9 Å². The highest BCUT2D eigenvalue weighted by Gasteiger charge is 2.38. The van der Waals surface area contributed by atoms with Crippen molar-refractivity contribution in [3.05, 3.63) is 84.9 Å². The van der Waals surface area contributed by atoms with E-state index in [1.807, 2.05) is 72.6 Å². The molecule has 0 aromatic heterocycles. The third-order valence-corrected chi connectivity index (χ3v) is 11.9. The Morgan fingerprint density at radius 3 is 1.56 bits per heavy atom. The zero-order chi connectivity index (χ0) is 53.0. The normalized spacial score (nSPS) is 16.3. The molecule has 0 spiro atoms. The van der Waals surface area contributed by atoms with Crippen LogP contribution in [0.25, 0.3) is 0 Å². The van der Waals surface area contributed by atoms with Crippen LogP contribution in [0.5, 0.6) is 0 Å². The number of likely N-dealkylation sites (tertiary alicyclic amines) is 2. The summed E-state index contributed by atoms with van der Waals surface area (Å²) in [4.78, 5) is 82.4. The number of aliphatic hydroxyl groups excluding tert-OH is 1. The summed E-state index contributed by atoms with van der Waals surface area (Å²) in [6.45, 7) is 18.0. The largest absolute Gasteiger partial charge is 0.391 e. The van der Waals surface area contributed by atoms with Crippen molar-refractivity contribution < 1.29 is 38.6 Å². The number of aliphatic hydroxyl groups is 1. The van der Waals surface area contributed by atoms with E-state index < -0.39 is 24.3 Å². The van der Waals surface area contributed by atoms with Crippen molar-refractivity contribution in [1.82, 2.24) is 51.5 Å². The number of nitrogens with zero attached hydrogens (tertiary/aromatic N) is 4. The standard InChI is InChI=1S/C25H36N4O4.C23H37N5O4.C3H9N.C2H4/c1-4-5-16-33-20(2)24(27-19-30)25(32)29-14-9-12-22(29)18-28(23(31)17-26-3)15-13-21-10-7-6-8-11-21;1-17(29)22(26-20(30)14-24-2)23(32)28-12-7-10-19(28)16-27(21(31)15-25-3)13-11-18-8-5-4-6-9-18;1-3-4-2;1-2/h6-8,10-11,19-20,22,24,26H,9,12-18H2,1-3H3,(H,27,30);4-6,8-9,17,19,22,24-25,29H,7,10-16H2,1-3H3,(H,26,30);4H,3H2,1-2H3;1-2H2. The van der Waals surface area contributed by atoms with Gasteiger partial charge in [-0.2, -0.15) is 0 Å². The fourth-order valence-electron chi connectivity index (χ4n) is 8.07. The molecule has 0 bridgehead atoms. The molecule has 0 saturated carbocycles. The fourth-order valence-corrected chi connectivity index (χ4v) is 8.07. The highest BCUT2D eigenvalue weighted by Crippen LogP contribution is 2.22. The van der Waals surface area contributed by atoms with Crippen molar-refractivity contribution in [2.45, 2.75) is 103 Å². The van der Waals surface area contributed by atoms with Crippen molar-refractivity contribution in [2.75, 3.05) is 100 Å². The van der Waals surface area contributed by atoms with Gasteiger partial charge in [0, 0.05) is 51.4 Å². The van der Waals surface area contributed by atoms with Gasteiger partial charge in [0.1, 0.15) is 18.7 Å². The molecule has 18 nitrogen and oxygen atoms in total. The Kier molecular flexibility index (Phi) is 33.9. The van der Waals surface area contributed by atoms with Crippen LogP contribution in [0.15, 0.2) is 73.8 Å². The number of amides is 6. The second-order valence-electron chi connectivity index (χ2n) is 17.1. The van der Waals surface area contributed by atoms with E-state index in [0.29, 0.717) is 45.7 Å². The summed E-state index contributed by atoms with van der Waals surface area (Å²) >= 11 is 0. The van der Waals surface area contributed by atoms with Crippen LogP contribution in [-0.4, -0.2) is 197 Å². The van der Waals surface area contributed by atoms with E-state index in [2.05, 4.69) is 63.8 Å². The van der Waals surface area contributed by atoms with Gasteiger partial charge in [-0.25, -0.2) is 0 Å². The van der Waals surface area contributed by atoms with Gasteiger partial charge in [-0.1, -0.05) is 73.5 Å². The maximum Gasteiger partial charge on any atom is 0.248 e. The second-order valence-corrected chi connectivity index (χ2v) is 17.1. The van der Waals surface area contributed by atoms with E-state index in [0.717, 1.165) is 56.2 Å². The Labute approximate surface area is 424 Å². The Balaban J connectivity index is 0.000000639. The molecule has 18 heteroatoms. The van der Waals surface area contributed by atoms with Crippen LogP contribution in [-0.2, 0) is 46.3 Å². The number of ether oxygens (including phenoxy) is 1. The first-order valence-electron chi connectivity index (χ1n) is 24.8. The smallest absolute Gasteiger partial charge is 0.248 e. The Morgan fingerprint density at radius 2 is 1.18 bits per heavy atom. The third kappa shape index (κ3) is 23.9. The molecular weight excluding hydrogens is 905 g/mol. The van der Waals surface area contributed by atoms with Crippen molar-refractivity contribution in [3.8, 4) is 11.8 Å². The molecule has 0 aliphatic carbocycles.